The number of benzene rings is 1. The largest absolute Gasteiger partial charge is 0.401 e. The number of alkyl halides is 3. The molecule has 0 atom stereocenters. The lowest BCUT2D eigenvalue weighted by Gasteiger charge is -2.10. The highest BCUT2D eigenvalue weighted by Gasteiger charge is 2.26. The molecule has 0 saturated carbocycles. The predicted molar refractivity (Wildman–Crippen MR) is 71.7 cm³/mol. The number of carbonyl (C=O) groups excluding carboxylic acids is 1. The Hall–Kier alpha value is -0.540. The highest BCUT2D eigenvalue weighted by Crippen LogP contribution is 2.23. The smallest absolute Gasteiger partial charge is 0.324 e. The van der Waals surface area contributed by atoms with E-state index in [-0.39, 0.29) is 0 Å². The van der Waals surface area contributed by atoms with Crippen LogP contribution < -0.4 is 10.6 Å². The minimum Gasteiger partial charge on any atom is -0.324 e. The molecule has 100 valence electrons. The Morgan fingerprint density at radius 3 is 2.61 bits per heavy atom. The molecule has 2 N–H and O–H groups in total. The summed E-state index contributed by atoms with van der Waals surface area (Å²) < 4.78 is 36.4. The molecule has 1 aromatic carbocycles. The molecule has 0 aliphatic heterocycles. The third kappa shape index (κ3) is 5.87. The van der Waals surface area contributed by atoms with E-state index in [0.717, 1.165) is 3.57 Å². The van der Waals surface area contributed by atoms with Gasteiger partial charge in [-0.05, 0) is 40.8 Å². The van der Waals surface area contributed by atoms with Crippen molar-refractivity contribution in [1.29, 1.82) is 0 Å². The van der Waals surface area contributed by atoms with Crippen molar-refractivity contribution in [3.05, 3.63) is 26.8 Å². The van der Waals surface area contributed by atoms with Gasteiger partial charge in [0, 0.05) is 3.57 Å². The van der Waals surface area contributed by atoms with Gasteiger partial charge in [0.05, 0.1) is 23.8 Å². The lowest BCUT2D eigenvalue weighted by Crippen LogP contribution is -2.35. The van der Waals surface area contributed by atoms with Crippen LogP contribution in [0.5, 0.6) is 0 Å². The third-order valence-corrected chi connectivity index (χ3v) is 2.80. The van der Waals surface area contributed by atoms with Crippen LogP contribution in [0.3, 0.4) is 0 Å². The Labute approximate surface area is 120 Å². The van der Waals surface area contributed by atoms with E-state index in [1.165, 1.54) is 0 Å². The van der Waals surface area contributed by atoms with Crippen LogP contribution in [0, 0.1) is 3.57 Å². The molecule has 1 aromatic rings. The maximum absolute atomic E-state index is 11.8. The molecule has 0 aliphatic rings. The molecule has 0 spiro atoms. The number of hydrogen-bond acceptors (Lipinski definition) is 2. The standard InChI is InChI=1S/C10H9ClF3IN2O/c11-7-3-6(15)1-2-8(7)17-9(18)4-16-5-10(12,13)14/h1-3,16H,4-5H2,(H,17,18). The lowest BCUT2D eigenvalue weighted by molar-refractivity contribution is -0.126. The quantitative estimate of drug-likeness (QED) is 0.774. The van der Waals surface area contributed by atoms with Gasteiger partial charge in [-0.15, -0.1) is 0 Å². The zero-order chi connectivity index (χ0) is 13.8. The summed E-state index contributed by atoms with van der Waals surface area (Å²) in [4.78, 5) is 11.3. The molecular formula is C10H9ClF3IN2O. The first kappa shape index (κ1) is 15.5. The minimum atomic E-state index is -4.33. The van der Waals surface area contributed by atoms with Crippen LogP contribution in [0.1, 0.15) is 0 Å². The van der Waals surface area contributed by atoms with Crippen LogP contribution >= 0.6 is 34.2 Å². The van der Waals surface area contributed by atoms with E-state index < -0.39 is 25.2 Å². The highest BCUT2D eigenvalue weighted by molar-refractivity contribution is 14.1. The predicted octanol–water partition coefficient (Wildman–Crippen LogP) is 3.04. The highest BCUT2D eigenvalue weighted by atomic mass is 127. The first-order chi connectivity index (χ1) is 8.28. The maximum atomic E-state index is 11.8. The second-order valence-corrected chi connectivity index (χ2v) is 5.04. The molecule has 0 aromatic heterocycles. The van der Waals surface area contributed by atoms with Gasteiger partial charge in [-0.3, -0.25) is 4.79 Å². The molecule has 0 unspecified atom stereocenters. The van der Waals surface area contributed by atoms with Crippen molar-refractivity contribution in [3.63, 3.8) is 0 Å². The van der Waals surface area contributed by atoms with Crippen LogP contribution in [0.2, 0.25) is 5.02 Å². The van der Waals surface area contributed by atoms with Gasteiger partial charge in [0.2, 0.25) is 5.91 Å². The summed E-state index contributed by atoms with van der Waals surface area (Å²) in [5.74, 6) is -0.581. The van der Waals surface area contributed by atoms with Crippen molar-refractivity contribution in [2.24, 2.45) is 0 Å². The first-order valence-electron chi connectivity index (χ1n) is 4.80. The average molecular weight is 393 g/mol. The summed E-state index contributed by atoms with van der Waals surface area (Å²) in [7, 11) is 0. The molecule has 3 nitrogen and oxygen atoms in total. The summed E-state index contributed by atoms with van der Waals surface area (Å²) in [6.45, 7) is -1.64. The van der Waals surface area contributed by atoms with Gasteiger partial charge >= 0.3 is 6.18 Å². The Balaban J connectivity index is 2.45. The van der Waals surface area contributed by atoms with Gasteiger partial charge < -0.3 is 10.6 Å². The Morgan fingerprint density at radius 1 is 1.39 bits per heavy atom. The summed E-state index contributed by atoms with van der Waals surface area (Å²) in [6.07, 6.45) is -4.33. The molecule has 0 bridgehead atoms. The number of hydrogen-bond donors (Lipinski definition) is 2. The van der Waals surface area contributed by atoms with E-state index in [1.807, 2.05) is 5.32 Å². The second kappa shape index (κ2) is 6.58. The number of rotatable bonds is 4. The topological polar surface area (TPSA) is 41.1 Å². The Morgan fingerprint density at radius 2 is 2.06 bits per heavy atom. The van der Waals surface area contributed by atoms with Gasteiger partial charge in [-0.25, -0.2) is 0 Å². The SMILES string of the molecule is O=C(CNCC(F)(F)F)Nc1ccc(I)cc1Cl. The summed E-state index contributed by atoms with van der Waals surface area (Å²) in [6, 6.07) is 4.96. The summed E-state index contributed by atoms with van der Waals surface area (Å²) in [5, 5.41) is 4.75. The summed E-state index contributed by atoms with van der Waals surface area (Å²) >= 11 is 7.91. The van der Waals surface area contributed by atoms with Crippen molar-refractivity contribution in [1.82, 2.24) is 5.32 Å². The van der Waals surface area contributed by atoms with Crippen molar-refractivity contribution in [2.45, 2.75) is 6.18 Å². The van der Waals surface area contributed by atoms with Crippen molar-refractivity contribution >= 4 is 45.8 Å². The van der Waals surface area contributed by atoms with Gasteiger partial charge in [0.25, 0.3) is 0 Å². The molecule has 0 aliphatic carbocycles. The Bertz CT molecular complexity index is 440. The fourth-order valence-corrected chi connectivity index (χ4v) is 2.01. The molecular weight excluding hydrogens is 383 g/mol. The number of carbonyl (C=O) groups is 1. The molecule has 8 heteroatoms. The zero-order valence-corrected chi connectivity index (χ0v) is 11.9. The van der Waals surface area contributed by atoms with Gasteiger partial charge in [-0.2, -0.15) is 13.2 Å². The number of nitrogens with one attached hydrogen (secondary N) is 2. The van der Waals surface area contributed by atoms with Gasteiger partial charge in [-0.1, -0.05) is 11.6 Å². The van der Waals surface area contributed by atoms with Crippen LogP contribution in [0.15, 0.2) is 18.2 Å². The van der Waals surface area contributed by atoms with Crippen LogP contribution in [0.25, 0.3) is 0 Å². The van der Waals surface area contributed by atoms with E-state index in [1.54, 1.807) is 18.2 Å². The fourth-order valence-electron chi connectivity index (χ4n) is 1.10. The number of anilines is 1. The van der Waals surface area contributed by atoms with Gasteiger partial charge in [0.1, 0.15) is 0 Å². The van der Waals surface area contributed by atoms with Gasteiger partial charge in [0.15, 0.2) is 0 Å². The van der Waals surface area contributed by atoms with Crippen molar-refractivity contribution in [2.75, 3.05) is 18.4 Å². The van der Waals surface area contributed by atoms with E-state index in [4.69, 9.17) is 11.6 Å². The molecule has 0 radical (unpaired) electrons. The van der Waals surface area contributed by atoms with Crippen molar-refractivity contribution in [3.8, 4) is 0 Å². The Kier molecular flexibility index (Phi) is 5.67. The zero-order valence-electron chi connectivity index (χ0n) is 8.94. The lowest BCUT2D eigenvalue weighted by atomic mass is 10.3. The maximum Gasteiger partial charge on any atom is 0.401 e. The van der Waals surface area contributed by atoms with E-state index in [0.29, 0.717) is 10.7 Å². The van der Waals surface area contributed by atoms with Crippen LogP contribution in [-0.2, 0) is 4.79 Å². The minimum absolute atomic E-state index is 0.339. The number of halogens is 5. The normalized spacial score (nSPS) is 11.4. The number of amides is 1. The third-order valence-electron chi connectivity index (χ3n) is 1.82. The monoisotopic (exact) mass is 392 g/mol. The van der Waals surface area contributed by atoms with E-state index >= 15 is 0 Å². The molecule has 18 heavy (non-hydrogen) atoms. The van der Waals surface area contributed by atoms with E-state index in [2.05, 4.69) is 27.9 Å². The molecule has 0 fully saturated rings. The summed E-state index contributed by atoms with van der Waals surface area (Å²) in [5.41, 5.74) is 0.371. The molecule has 1 amide bonds. The molecule has 0 heterocycles. The second-order valence-electron chi connectivity index (χ2n) is 3.39. The molecule has 0 saturated heterocycles. The average Bonchev–Trinajstić information content (AvgIpc) is 2.20. The van der Waals surface area contributed by atoms with Crippen LogP contribution in [0.4, 0.5) is 18.9 Å². The van der Waals surface area contributed by atoms with Crippen molar-refractivity contribution < 1.29 is 18.0 Å². The first-order valence-corrected chi connectivity index (χ1v) is 6.26. The van der Waals surface area contributed by atoms with Crippen LogP contribution in [-0.4, -0.2) is 25.2 Å². The fraction of sp³-hybridized carbons (Fsp3) is 0.300. The molecule has 1 rings (SSSR count). The van der Waals surface area contributed by atoms with E-state index in [9.17, 15) is 18.0 Å².